The third-order valence-corrected chi connectivity index (χ3v) is 5.24. The van der Waals surface area contributed by atoms with Gasteiger partial charge in [0.25, 0.3) is 0 Å². The summed E-state index contributed by atoms with van der Waals surface area (Å²) in [7, 11) is 0. The molecule has 0 aliphatic carbocycles. The van der Waals surface area contributed by atoms with Crippen molar-refractivity contribution in [2.24, 2.45) is 5.73 Å². The molecule has 34 heavy (non-hydrogen) atoms. The third-order valence-electron chi connectivity index (χ3n) is 5.24. The van der Waals surface area contributed by atoms with Gasteiger partial charge in [0.15, 0.2) is 0 Å². The van der Waals surface area contributed by atoms with Crippen LogP contribution in [0.4, 0.5) is 0 Å². The number of carboxylic acids is 1. The largest absolute Gasteiger partial charge is 0.508 e. The van der Waals surface area contributed by atoms with E-state index in [9.17, 15) is 24.6 Å². The topological polar surface area (TPSA) is 170 Å². The van der Waals surface area contributed by atoms with Crippen molar-refractivity contribution in [3.05, 3.63) is 83.9 Å². The third kappa shape index (κ3) is 7.17. The molecule has 1 aromatic heterocycles. The van der Waals surface area contributed by atoms with Crippen molar-refractivity contribution in [2.45, 2.75) is 37.4 Å². The van der Waals surface area contributed by atoms with E-state index >= 15 is 0 Å². The lowest BCUT2D eigenvalue weighted by Crippen LogP contribution is -2.56. The molecular formula is C24H27N5O5. The molecule has 0 spiro atoms. The first-order chi connectivity index (χ1) is 16.3. The average Bonchev–Trinajstić information content (AvgIpc) is 3.33. The minimum absolute atomic E-state index is 0.000398. The Morgan fingerprint density at radius 2 is 1.53 bits per heavy atom. The van der Waals surface area contributed by atoms with Crippen LogP contribution in [-0.4, -0.2) is 56.1 Å². The van der Waals surface area contributed by atoms with E-state index in [1.165, 1.54) is 24.7 Å². The fourth-order valence-corrected chi connectivity index (χ4v) is 3.41. The molecule has 0 fully saturated rings. The van der Waals surface area contributed by atoms with Gasteiger partial charge in [-0.1, -0.05) is 42.5 Å². The molecule has 10 nitrogen and oxygen atoms in total. The van der Waals surface area contributed by atoms with Gasteiger partial charge in [0.1, 0.15) is 17.8 Å². The maximum absolute atomic E-state index is 13.0. The lowest BCUT2D eigenvalue weighted by Gasteiger charge is -2.23. The number of nitrogens with zero attached hydrogens (tertiary/aromatic N) is 1. The highest BCUT2D eigenvalue weighted by Gasteiger charge is 2.28. The van der Waals surface area contributed by atoms with Gasteiger partial charge in [0, 0.05) is 24.7 Å². The first-order valence-corrected chi connectivity index (χ1v) is 10.7. The fourth-order valence-electron chi connectivity index (χ4n) is 3.41. The molecule has 0 saturated carbocycles. The molecule has 7 N–H and O–H groups in total. The van der Waals surface area contributed by atoms with Crippen molar-refractivity contribution in [1.82, 2.24) is 20.6 Å². The summed E-state index contributed by atoms with van der Waals surface area (Å²) >= 11 is 0. The Morgan fingerprint density at radius 1 is 0.882 bits per heavy atom. The summed E-state index contributed by atoms with van der Waals surface area (Å²) in [4.78, 5) is 44.4. The van der Waals surface area contributed by atoms with Crippen molar-refractivity contribution < 1.29 is 24.6 Å². The van der Waals surface area contributed by atoms with E-state index in [1.807, 2.05) is 30.3 Å². The molecule has 178 valence electrons. The number of H-pyrrole nitrogens is 1. The van der Waals surface area contributed by atoms with Crippen LogP contribution < -0.4 is 16.4 Å². The Hall–Kier alpha value is -4.18. The molecule has 2 amide bonds. The maximum atomic E-state index is 13.0. The zero-order chi connectivity index (χ0) is 24.5. The van der Waals surface area contributed by atoms with Gasteiger partial charge in [0.05, 0.1) is 12.4 Å². The Bertz CT molecular complexity index is 1090. The summed E-state index contributed by atoms with van der Waals surface area (Å²) in [6, 6.07) is 12.1. The number of hydrogen-bond donors (Lipinski definition) is 6. The number of benzene rings is 2. The molecule has 0 radical (unpaired) electrons. The predicted octanol–water partition coefficient (Wildman–Crippen LogP) is 0.525. The number of carbonyl (C=O) groups excluding carboxylic acids is 2. The number of aromatic hydroxyl groups is 1. The fraction of sp³-hybridized carbons (Fsp3) is 0.250. The van der Waals surface area contributed by atoms with Gasteiger partial charge in [-0.3, -0.25) is 9.59 Å². The molecule has 3 rings (SSSR count). The first kappa shape index (κ1) is 24.5. The van der Waals surface area contributed by atoms with Gasteiger partial charge < -0.3 is 31.6 Å². The summed E-state index contributed by atoms with van der Waals surface area (Å²) in [6.45, 7) is 0. The second kappa shape index (κ2) is 11.6. The molecule has 0 unspecified atom stereocenters. The summed E-state index contributed by atoms with van der Waals surface area (Å²) in [6.07, 6.45) is 3.31. The maximum Gasteiger partial charge on any atom is 0.326 e. The normalized spacial score (nSPS) is 13.4. The van der Waals surface area contributed by atoms with Crippen LogP contribution >= 0.6 is 0 Å². The van der Waals surface area contributed by atoms with Crippen molar-refractivity contribution in [1.29, 1.82) is 0 Å². The summed E-state index contributed by atoms with van der Waals surface area (Å²) < 4.78 is 0. The SMILES string of the molecule is N[C@@H](Cc1ccccc1)C(=O)N[C@@H](Cc1cnc[nH]1)C(=O)N[C@@H](Cc1ccc(O)cc1)C(=O)O. The van der Waals surface area contributed by atoms with Crippen LogP contribution in [0.2, 0.25) is 0 Å². The second-order valence-corrected chi connectivity index (χ2v) is 7.91. The number of imidazole rings is 1. The van der Waals surface area contributed by atoms with Crippen molar-refractivity contribution in [2.75, 3.05) is 0 Å². The van der Waals surface area contributed by atoms with Crippen molar-refractivity contribution in [3.63, 3.8) is 0 Å². The zero-order valence-corrected chi connectivity index (χ0v) is 18.3. The van der Waals surface area contributed by atoms with E-state index in [0.29, 0.717) is 11.3 Å². The lowest BCUT2D eigenvalue weighted by atomic mass is 10.0. The number of aromatic amines is 1. The van der Waals surface area contributed by atoms with Gasteiger partial charge in [-0.05, 0) is 29.7 Å². The Balaban J connectivity index is 1.70. The van der Waals surface area contributed by atoms with E-state index in [-0.39, 0.29) is 25.0 Å². The van der Waals surface area contributed by atoms with Gasteiger partial charge in [-0.2, -0.15) is 0 Å². The van der Waals surface area contributed by atoms with Crippen LogP contribution in [0, 0.1) is 0 Å². The van der Waals surface area contributed by atoms with Crippen molar-refractivity contribution >= 4 is 17.8 Å². The summed E-state index contributed by atoms with van der Waals surface area (Å²) in [5.41, 5.74) is 8.13. The van der Waals surface area contributed by atoms with Gasteiger partial charge in [-0.15, -0.1) is 0 Å². The van der Waals surface area contributed by atoms with E-state index in [4.69, 9.17) is 5.73 Å². The number of phenols is 1. The number of carbonyl (C=O) groups is 3. The molecule has 10 heteroatoms. The number of hydrogen-bond acceptors (Lipinski definition) is 6. The van der Waals surface area contributed by atoms with E-state index in [2.05, 4.69) is 20.6 Å². The predicted molar refractivity (Wildman–Crippen MR) is 124 cm³/mol. The number of aromatic nitrogens is 2. The molecular weight excluding hydrogens is 438 g/mol. The number of rotatable bonds is 11. The molecule has 0 aliphatic rings. The molecule has 3 atom stereocenters. The highest BCUT2D eigenvalue weighted by Crippen LogP contribution is 2.12. The number of aliphatic carboxylic acids is 1. The first-order valence-electron chi connectivity index (χ1n) is 10.7. The van der Waals surface area contributed by atoms with Crippen LogP contribution in [0.15, 0.2) is 67.1 Å². The molecule has 1 heterocycles. The number of nitrogens with two attached hydrogens (primary N) is 1. The summed E-state index contributed by atoms with van der Waals surface area (Å²) in [5, 5.41) is 24.2. The molecule has 0 bridgehead atoms. The van der Waals surface area contributed by atoms with E-state index in [0.717, 1.165) is 5.56 Å². The minimum atomic E-state index is -1.24. The Labute approximate surface area is 196 Å². The monoisotopic (exact) mass is 465 g/mol. The van der Waals surface area contributed by atoms with Crippen LogP contribution in [0.1, 0.15) is 16.8 Å². The number of carboxylic acid groups (broad SMARTS) is 1. The standard InChI is InChI=1S/C24H27N5O5/c25-19(10-15-4-2-1-3-5-15)22(31)28-20(12-17-13-26-14-27-17)23(32)29-21(24(33)34)11-16-6-8-18(30)9-7-16/h1-9,13-14,19-21,30H,10-12,25H2,(H,26,27)(H,28,31)(H,29,32)(H,33,34)/t19-,20-,21-/m0/s1. The molecule has 3 aromatic rings. The number of nitrogens with one attached hydrogen (secondary N) is 3. The Morgan fingerprint density at radius 3 is 2.15 bits per heavy atom. The van der Waals surface area contributed by atoms with Gasteiger partial charge >= 0.3 is 5.97 Å². The Kier molecular flexibility index (Phi) is 8.36. The zero-order valence-electron chi connectivity index (χ0n) is 18.3. The molecule has 0 saturated heterocycles. The van der Waals surface area contributed by atoms with Gasteiger partial charge in [-0.25, -0.2) is 9.78 Å². The minimum Gasteiger partial charge on any atom is -0.508 e. The summed E-state index contributed by atoms with van der Waals surface area (Å²) in [5.74, 6) is -2.38. The highest BCUT2D eigenvalue weighted by molar-refractivity contribution is 5.92. The van der Waals surface area contributed by atoms with E-state index in [1.54, 1.807) is 12.1 Å². The van der Waals surface area contributed by atoms with Crippen LogP contribution in [0.5, 0.6) is 5.75 Å². The van der Waals surface area contributed by atoms with Crippen LogP contribution in [-0.2, 0) is 33.6 Å². The van der Waals surface area contributed by atoms with Crippen LogP contribution in [0.25, 0.3) is 0 Å². The van der Waals surface area contributed by atoms with Gasteiger partial charge in [0.2, 0.25) is 11.8 Å². The highest BCUT2D eigenvalue weighted by atomic mass is 16.4. The van der Waals surface area contributed by atoms with E-state index < -0.39 is 35.9 Å². The lowest BCUT2D eigenvalue weighted by molar-refractivity contribution is -0.142. The molecule has 2 aromatic carbocycles. The second-order valence-electron chi connectivity index (χ2n) is 7.91. The quantitative estimate of drug-likeness (QED) is 0.240. The smallest absolute Gasteiger partial charge is 0.326 e. The molecule has 0 aliphatic heterocycles. The average molecular weight is 466 g/mol. The van der Waals surface area contributed by atoms with Crippen molar-refractivity contribution in [3.8, 4) is 5.75 Å². The van der Waals surface area contributed by atoms with Crippen LogP contribution in [0.3, 0.4) is 0 Å². The number of phenolic OH excluding ortho intramolecular Hbond substituents is 1. The number of amides is 2.